The summed E-state index contributed by atoms with van der Waals surface area (Å²) in [6.07, 6.45) is 0.645. The number of carbonyl (C=O) groups excluding carboxylic acids is 1. The van der Waals surface area contributed by atoms with Gasteiger partial charge in [0.2, 0.25) is 0 Å². The van der Waals surface area contributed by atoms with Crippen molar-refractivity contribution in [3.8, 4) is 5.75 Å². The van der Waals surface area contributed by atoms with Crippen molar-refractivity contribution >= 4 is 5.97 Å². The van der Waals surface area contributed by atoms with Crippen LogP contribution in [0.2, 0.25) is 0 Å². The lowest BCUT2D eigenvalue weighted by molar-refractivity contribution is -0.144. The third-order valence-electron chi connectivity index (χ3n) is 2.43. The van der Waals surface area contributed by atoms with Gasteiger partial charge in [0.1, 0.15) is 25.1 Å². The van der Waals surface area contributed by atoms with E-state index in [1.807, 2.05) is 24.3 Å². The van der Waals surface area contributed by atoms with E-state index in [0.717, 1.165) is 17.9 Å². The van der Waals surface area contributed by atoms with Crippen LogP contribution in [0.3, 0.4) is 0 Å². The Kier molecular flexibility index (Phi) is 3.98. The molecule has 0 aromatic heterocycles. The van der Waals surface area contributed by atoms with Crippen molar-refractivity contribution in [1.82, 2.24) is 0 Å². The quantitative estimate of drug-likeness (QED) is 0.559. The largest absolute Gasteiger partial charge is 0.491 e. The second-order valence-electron chi connectivity index (χ2n) is 3.93. The molecule has 1 unspecified atom stereocenters. The van der Waals surface area contributed by atoms with E-state index < -0.39 is 0 Å². The Morgan fingerprint density at radius 1 is 1.53 bits per heavy atom. The molecule has 0 amide bonds. The zero-order valence-corrected chi connectivity index (χ0v) is 9.85. The van der Waals surface area contributed by atoms with Crippen molar-refractivity contribution in [3.63, 3.8) is 0 Å². The highest BCUT2D eigenvalue weighted by molar-refractivity contribution is 5.68. The zero-order chi connectivity index (χ0) is 12.1. The highest BCUT2D eigenvalue weighted by atomic mass is 16.6. The number of benzene rings is 1. The van der Waals surface area contributed by atoms with Crippen molar-refractivity contribution in [1.29, 1.82) is 0 Å². The summed E-state index contributed by atoms with van der Waals surface area (Å²) in [6.45, 7) is 3.44. The summed E-state index contributed by atoms with van der Waals surface area (Å²) in [4.78, 5) is 11.0. The van der Waals surface area contributed by atoms with Gasteiger partial charge in [0.15, 0.2) is 0 Å². The maximum atomic E-state index is 11.0. The summed E-state index contributed by atoms with van der Waals surface area (Å²) in [7, 11) is 0. The predicted molar refractivity (Wildman–Crippen MR) is 61.8 cm³/mol. The smallest absolute Gasteiger partial charge is 0.305 e. The molecular weight excluding hydrogens is 220 g/mol. The number of carbonyl (C=O) groups is 1. The van der Waals surface area contributed by atoms with Gasteiger partial charge >= 0.3 is 5.97 Å². The van der Waals surface area contributed by atoms with Gasteiger partial charge in [-0.05, 0) is 17.7 Å². The Balaban J connectivity index is 1.84. The van der Waals surface area contributed by atoms with E-state index in [1.165, 1.54) is 0 Å². The van der Waals surface area contributed by atoms with Crippen LogP contribution in [0.1, 0.15) is 18.9 Å². The molecule has 1 saturated heterocycles. The van der Waals surface area contributed by atoms with Gasteiger partial charge in [-0.2, -0.15) is 0 Å². The van der Waals surface area contributed by atoms with Crippen LogP contribution in [0.15, 0.2) is 24.3 Å². The van der Waals surface area contributed by atoms with Gasteiger partial charge in [-0.15, -0.1) is 0 Å². The molecule has 1 atom stereocenters. The molecule has 4 heteroatoms. The maximum Gasteiger partial charge on any atom is 0.305 e. The molecule has 2 rings (SSSR count). The summed E-state index contributed by atoms with van der Waals surface area (Å²) in [6, 6.07) is 7.56. The first-order valence-electron chi connectivity index (χ1n) is 5.77. The Morgan fingerprint density at radius 3 is 3.06 bits per heavy atom. The lowest BCUT2D eigenvalue weighted by Crippen LogP contribution is -2.05. The third kappa shape index (κ3) is 4.07. The molecule has 0 bridgehead atoms. The van der Waals surface area contributed by atoms with Crippen LogP contribution in [0.5, 0.6) is 5.75 Å². The number of ether oxygens (including phenoxy) is 3. The Hall–Kier alpha value is -1.55. The highest BCUT2D eigenvalue weighted by Gasteiger charge is 2.22. The van der Waals surface area contributed by atoms with Gasteiger partial charge in [-0.3, -0.25) is 4.79 Å². The molecular formula is C13H16O4. The van der Waals surface area contributed by atoms with E-state index in [9.17, 15) is 4.79 Å². The van der Waals surface area contributed by atoms with E-state index in [-0.39, 0.29) is 12.1 Å². The summed E-state index contributed by atoms with van der Waals surface area (Å²) in [5, 5.41) is 0. The number of hydrogen-bond acceptors (Lipinski definition) is 4. The first kappa shape index (κ1) is 11.9. The molecule has 92 valence electrons. The van der Waals surface area contributed by atoms with Crippen molar-refractivity contribution in [2.24, 2.45) is 0 Å². The minimum Gasteiger partial charge on any atom is -0.491 e. The lowest BCUT2D eigenvalue weighted by Gasteiger charge is -2.07. The summed E-state index contributed by atoms with van der Waals surface area (Å²) in [5.74, 6) is 0.591. The number of epoxide rings is 1. The predicted octanol–water partition coefficient (Wildman–Crippen LogP) is 1.92. The van der Waals surface area contributed by atoms with Crippen molar-refractivity contribution in [2.45, 2.75) is 26.1 Å². The fraction of sp³-hybridized carbons (Fsp3) is 0.462. The average Bonchev–Trinajstić information content (AvgIpc) is 3.18. The van der Waals surface area contributed by atoms with Gasteiger partial charge in [0.25, 0.3) is 0 Å². The molecule has 4 nitrogen and oxygen atoms in total. The molecule has 0 aliphatic carbocycles. The van der Waals surface area contributed by atoms with Crippen molar-refractivity contribution < 1.29 is 19.0 Å². The normalized spacial score (nSPS) is 17.6. The molecule has 1 aromatic carbocycles. The molecule has 17 heavy (non-hydrogen) atoms. The fourth-order valence-corrected chi connectivity index (χ4v) is 1.34. The molecule has 1 aliphatic rings. The van der Waals surface area contributed by atoms with Crippen LogP contribution in [0.25, 0.3) is 0 Å². The maximum absolute atomic E-state index is 11.0. The fourth-order valence-electron chi connectivity index (χ4n) is 1.34. The van der Waals surface area contributed by atoms with Gasteiger partial charge in [-0.25, -0.2) is 0 Å². The van der Waals surface area contributed by atoms with Gasteiger partial charge in [0.05, 0.1) is 6.61 Å². The Labute approximate surface area is 100 Å². The lowest BCUT2D eigenvalue weighted by atomic mass is 10.2. The van der Waals surface area contributed by atoms with Crippen LogP contribution in [0.4, 0.5) is 0 Å². The number of rotatable bonds is 6. The minimum absolute atomic E-state index is 0.192. The molecule has 1 fully saturated rings. The molecule has 0 saturated carbocycles. The highest BCUT2D eigenvalue weighted by Crippen LogP contribution is 2.17. The van der Waals surface area contributed by atoms with E-state index in [0.29, 0.717) is 19.6 Å². The van der Waals surface area contributed by atoms with Gasteiger partial charge < -0.3 is 14.2 Å². The van der Waals surface area contributed by atoms with E-state index in [1.54, 1.807) is 6.92 Å². The van der Waals surface area contributed by atoms with Crippen LogP contribution in [0, 0.1) is 0 Å². The summed E-state index contributed by atoms with van der Waals surface area (Å²) < 4.78 is 15.6. The second kappa shape index (κ2) is 5.68. The van der Waals surface area contributed by atoms with E-state index in [4.69, 9.17) is 14.2 Å². The third-order valence-corrected chi connectivity index (χ3v) is 2.43. The first-order chi connectivity index (χ1) is 8.28. The average molecular weight is 236 g/mol. The molecule has 1 aromatic rings. The number of hydrogen-bond donors (Lipinski definition) is 0. The molecule has 0 N–H and O–H groups in total. The summed E-state index contributed by atoms with van der Waals surface area (Å²) in [5.41, 5.74) is 0.931. The van der Waals surface area contributed by atoms with E-state index in [2.05, 4.69) is 0 Å². The first-order valence-corrected chi connectivity index (χ1v) is 5.77. The molecule has 0 radical (unpaired) electrons. The monoisotopic (exact) mass is 236 g/mol. The second-order valence-corrected chi connectivity index (χ2v) is 3.93. The Bertz CT molecular complexity index is 385. The van der Waals surface area contributed by atoms with Gasteiger partial charge in [-0.1, -0.05) is 19.1 Å². The van der Waals surface area contributed by atoms with Crippen LogP contribution >= 0.6 is 0 Å². The molecule has 1 aliphatic heterocycles. The van der Waals surface area contributed by atoms with Crippen LogP contribution in [-0.2, 0) is 20.9 Å². The Morgan fingerprint density at radius 2 is 2.35 bits per heavy atom. The topological polar surface area (TPSA) is 48.1 Å². The molecule has 1 heterocycles. The number of esters is 1. The van der Waals surface area contributed by atoms with Crippen molar-refractivity contribution in [2.75, 3.05) is 13.2 Å². The van der Waals surface area contributed by atoms with Gasteiger partial charge in [0, 0.05) is 6.42 Å². The minimum atomic E-state index is -0.192. The molecule has 0 spiro atoms. The van der Waals surface area contributed by atoms with Crippen molar-refractivity contribution in [3.05, 3.63) is 29.8 Å². The zero-order valence-electron chi connectivity index (χ0n) is 9.85. The SMILES string of the molecule is CCC(=O)OCc1cccc(OCC2CO2)c1. The van der Waals surface area contributed by atoms with Crippen LogP contribution < -0.4 is 4.74 Å². The van der Waals surface area contributed by atoms with Crippen LogP contribution in [-0.4, -0.2) is 25.3 Å². The summed E-state index contributed by atoms with van der Waals surface area (Å²) >= 11 is 0. The standard InChI is InChI=1S/C13H16O4/c1-2-13(14)17-7-10-4-3-5-11(6-10)15-8-12-9-16-12/h3-6,12H,2,7-9H2,1H3. The van der Waals surface area contributed by atoms with E-state index >= 15 is 0 Å².